The molecule has 1 saturated heterocycles. The van der Waals surface area contributed by atoms with Gasteiger partial charge >= 0.3 is 0 Å². The standard InChI is InChI=1S/C18H19N3OS/c1-13-9-16-17(19-12-20-18(16)23-13)15-4-2-3-14(10-15)11-21-5-7-22-8-6-21/h2-4,9-10,12H,5-8,11H2,1H3. The first-order chi connectivity index (χ1) is 11.3. The summed E-state index contributed by atoms with van der Waals surface area (Å²) in [6.45, 7) is 6.76. The Kier molecular flexibility index (Phi) is 4.08. The number of ether oxygens (including phenoxy) is 1. The number of aromatic nitrogens is 2. The number of morpholine rings is 1. The molecule has 0 unspecified atom stereocenters. The Morgan fingerprint density at radius 1 is 1.17 bits per heavy atom. The summed E-state index contributed by atoms with van der Waals surface area (Å²) in [5, 5.41) is 1.15. The van der Waals surface area contributed by atoms with Crippen LogP contribution in [0.4, 0.5) is 0 Å². The molecular formula is C18H19N3OS. The molecule has 4 nitrogen and oxygen atoms in total. The van der Waals surface area contributed by atoms with E-state index in [1.807, 2.05) is 0 Å². The van der Waals surface area contributed by atoms with Gasteiger partial charge in [0.1, 0.15) is 11.2 Å². The van der Waals surface area contributed by atoms with Gasteiger partial charge in [-0.05, 0) is 24.6 Å². The quantitative estimate of drug-likeness (QED) is 0.739. The van der Waals surface area contributed by atoms with E-state index in [2.05, 4.69) is 52.1 Å². The van der Waals surface area contributed by atoms with Crippen LogP contribution < -0.4 is 0 Å². The van der Waals surface area contributed by atoms with Crippen LogP contribution in [-0.4, -0.2) is 41.2 Å². The summed E-state index contributed by atoms with van der Waals surface area (Å²) in [5.74, 6) is 0. The van der Waals surface area contributed by atoms with Gasteiger partial charge in [0.25, 0.3) is 0 Å². The normalized spacial score (nSPS) is 16.0. The van der Waals surface area contributed by atoms with Gasteiger partial charge in [0.15, 0.2) is 0 Å². The van der Waals surface area contributed by atoms with E-state index in [4.69, 9.17) is 4.74 Å². The molecular weight excluding hydrogens is 306 g/mol. The van der Waals surface area contributed by atoms with Gasteiger partial charge in [-0.3, -0.25) is 4.90 Å². The van der Waals surface area contributed by atoms with Crippen LogP contribution in [0, 0.1) is 6.92 Å². The van der Waals surface area contributed by atoms with Crippen molar-refractivity contribution in [2.24, 2.45) is 0 Å². The maximum Gasteiger partial charge on any atom is 0.127 e. The third-order valence-electron chi connectivity index (χ3n) is 4.16. The number of fused-ring (bicyclic) bond motifs is 1. The van der Waals surface area contributed by atoms with Gasteiger partial charge in [0.05, 0.1) is 18.9 Å². The van der Waals surface area contributed by atoms with Crippen LogP contribution in [0.2, 0.25) is 0 Å². The minimum absolute atomic E-state index is 0.834. The van der Waals surface area contributed by atoms with Gasteiger partial charge < -0.3 is 4.74 Å². The zero-order valence-electron chi connectivity index (χ0n) is 13.2. The molecule has 3 aromatic rings. The summed E-state index contributed by atoms with van der Waals surface area (Å²) in [4.78, 5) is 13.7. The van der Waals surface area contributed by atoms with Gasteiger partial charge in [0, 0.05) is 35.5 Å². The Hall–Kier alpha value is -1.82. The average Bonchev–Trinajstić information content (AvgIpc) is 2.96. The lowest BCUT2D eigenvalue weighted by molar-refractivity contribution is 0.0342. The molecule has 0 radical (unpaired) electrons. The lowest BCUT2D eigenvalue weighted by Crippen LogP contribution is -2.35. The van der Waals surface area contributed by atoms with Crippen molar-refractivity contribution in [1.82, 2.24) is 14.9 Å². The number of rotatable bonds is 3. The summed E-state index contributed by atoms with van der Waals surface area (Å²) in [7, 11) is 0. The predicted octanol–water partition coefficient (Wildman–Crippen LogP) is 3.50. The van der Waals surface area contributed by atoms with Crippen molar-refractivity contribution in [3.8, 4) is 11.3 Å². The number of nitrogens with zero attached hydrogens (tertiary/aromatic N) is 3. The van der Waals surface area contributed by atoms with E-state index in [9.17, 15) is 0 Å². The minimum Gasteiger partial charge on any atom is -0.379 e. The van der Waals surface area contributed by atoms with Crippen LogP contribution in [0.1, 0.15) is 10.4 Å². The Bertz CT molecular complexity index is 824. The van der Waals surface area contributed by atoms with Crippen molar-refractivity contribution < 1.29 is 4.74 Å². The largest absolute Gasteiger partial charge is 0.379 e. The third-order valence-corrected chi connectivity index (χ3v) is 5.12. The Morgan fingerprint density at radius 3 is 2.91 bits per heavy atom. The first-order valence-corrected chi connectivity index (χ1v) is 8.72. The van der Waals surface area contributed by atoms with Crippen LogP contribution in [0.3, 0.4) is 0 Å². The highest BCUT2D eigenvalue weighted by molar-refractivity contribution is 7.18. The zero-order valence-corrected chi connectivity index (χ0v) is 14.0. The van der Waals surface area contributed by atoms with Crippen LogP contribution in [-0.2, 0) is 11.3 Å². The maximum absolute atomic E-state index is 5.42. The first kappa shape index (κ1) is 14.8. The molecule has 4 rings (SSSR count). The molecule has 0 atom stereocenters. The maximum atomic E-state index is 5.42. The highest BCUT2D eigenvalue weighted by Crippen LogP contribution is 2.31. The average molecular weight is 325 g/mol. The Morgan fingerprint density at radius 2 is 2.04 bits per heavy atom. The molecule has 1 aromatic carbocycles. The molecule has 118 valence electrons. The smallest absolute Gasteiger partial charge is 0.127 e. The van der Waals surface area contributed by atoms with E-state index in [1.54, 1.807) is 17.7 Å². The summed E-state index contributed by atoms with van der Waals surface area (Å²) in [5.41, 5.74) is 3.52. The SMILES string of the molecule is Cc1cc2c(-c3cccc(CN4CCOCC4)c3)ncnc2s1. The van der Waals surface area contributed by atoms with Crippen molar-refractivity contribution in [2.75, 3.05) is 26.3 Å². The molecule has 0 saturated carbocycles. The molecule has 0 aliphatic carbocycles. The summed E-state index contributed by atoms with van der Waals surface area (Å²) in [6.07, 6.45) is 1.67. The molecule has 0 amide bonds. The molecule has 0 spiro atoms. The van der Waals surface area contributed by atoms with Crippen LogP contribution >= 0.6 is 11.3 Å². The van der Waals surface area contributed by atoms with Crippen molar-refractivity contribution >= 4 is 21.6 Å². The highest BCUT2D eigenvalue weighted by Gasteiger charge is 2.13. The van der Waals surface area contributed by atoms with Crippen LogP contribution in [0.5, 0.6) is 0 Å². The molecule has 0 bridgehead atoms. The van der Waals surface area contributed by atoms with Crippen LogP contribution in [0.25, 0.3) is 21.5 Å². The number of hydrogen-bond acceptors (Lipinski definition) is 5. The summed E-state index contributed by atoms with van der Waals surface area (Å²) in [6, 6.07) is 10.9. The van der Waals surface area contributed by atoms with Crippen LogP contribution in [0.15, 0.2) is 36.7 Å². The van der Waals surface area contributed by atoms with Crippen molar-refractivity contribution in [2.45, 2.75) is 13.5 Å². The molecule has 1 aliphatic rings. The van der Waals surface area contributed by atoms with Crippen molar-refractivity contribution in [1.29, 1.82) is 0 Å². The van der Waals surface area contributed by atoms with E-state index < -0.39 is 0 Å². The van der Waals surface area contributed by atoms with Gasteiger partial charge in [-0.25, -0.2) is 9.97 Å². The molecule has 5 heteroatoms. The molecule has 3 heterocycles. The fraction of sp³-hybridized carbons (Fsp3) is 0.333. The Balaban J connectivity index is 1.67. The lowest BCUT2D eigenvalue weighted by atomic mass is 10.1. The summed E-state index contributed by atoms with van der Waals surface area (Å²) < 4.78 is 5.42. The summed E-state index contributed by atoms with van der Waals surface area (Å²) >= 11 is 1.72. The van der Waals surface area contributed by atoms with Crippen molar-refractivity contribution in [3.63, 3.8) is 0 Å². The second kappa shape index (κ2) is 6.35. The molecule has 0 N–H and O–H groups in total. The topological polar surface area (TPSA) is 38.2 Å². The number of aryl methyl sites for hydroxylation is 1. The predicted molar refractivity (Wildman–Crippen MR) is 93.7 cm³/mol. The molecule has 1 fully saturated rings. The fourth-order valence-electron chi connectivity index (χ4n) is 3.04. The molecule has 1 aliphatic heterocycles. The number of hydrogen-bond donors (Lipinski definition) is 0. The molecule has 23 heavy (non-hydrogen) atoms. The van der Waals surface area contributed by atoms with Gasteiger partial charge in [-0.15, -0.1) is 11.3 Å². The van der Waals surface area contributed by atoms with Crippen molar-refractivity contribution in [3.05, 3.63) is 47.1 Å². The highest BCUT2D eigenvalue weighted by atomic mass is 32.1. The van der Waals surface area contributed by atoms with E-state index in [-0.39, 0.29) is 0 Å². The van der Waals surface area contributed by atoms with E-state index >= 15 is 0 Å². The van der Waals surface area contributed by atoms with Gasteiger partial charge in [0.2, 0.25) is 0 Å². The fourth-order valence-corrected chi connectivity index (χ4v) is 3.89. The van der Waals surface area contributed by atoms with Gasteiger partial charge in [-0.2, -0.15) is 0 Å². The second-order valence-corrected chi connectivity index (χ2v) is 7.12. The minimum atomic E-state index is 0.834. The third kappa shape index (κ3) is 3.13. The molecule has 2 aromatic heterocycles. The second-order valence-electron chi connectivity index (χ2n) is 5.89. The number of benzene rings is 1. The number of thiophene rings is 1. The first-order valence-electron chi connectivity index (χ1n) is 7.90. The zero-order chi connectivity index (χ0) is 15.6. The lowest BCUT2D eigenvalue weighted by Gasteiger charge is -2.26. The monoisotopic (exact) mass is 325 g/mol. The van der Waals surface area contributed by atoms with E-state index in [1.165, 1.54) is 16.0 Å². The van der Waals surface area contributed by atoms with Gasteiger partial charge in [-0.1, -0.05) is 18.2 Å². The Labute approximate surface area is 139 Å². The van der Waals surface area contributed by atoms with E-state index in [0.717, 1.165) is 48.8 Å². The van der Waals surface area contributed by atoms with E-state index in [0.29, 0.717) is 0 Å².